The standard InChI is InChI=1S/C29H41N3O6S/c1-6-25(29(34)30-23-10-8-7-9-11-23)31(19-22-14-12-21(2)13-15-22)28(33)20-32(39(5,35)36)26-18-24(37-3)16-17-27(26)38-4/h12-18,23,25H,6-11,19-20H2,1-5H3,(H,30,34)/t25-/m1/s1. The largest absolute Gasteiger partial charge is 0.497 e. The van der Waals surface area contributed by atoms with Gasteiger partial charge < -0.3 is 19.7 Å². The van der Waals surface area contributed by atoms with E-state index in [1.807, 2.05) is 38.1 Å². The predicted octanol–water partition coefficient (Wildman–Crippen LogP) is 4.03. The van der Waals surface area contributed by atoms with E-state index < -0.39 is 28.5 Å². The van der Waals surface area contributed by atoms with Crippen LogP contribution >= 0.6 is 0 Å². The highest BCUT2D eigenvalue weighted by molar-refractivity contribution is 7.92. The number of anilines is 1. The maximum atomic E-state index is 14.0. The average molecular weight is 560 g/mol. The number of ether oxygens (including phenoxy) is 2. The van der Waals surface area contributed by atoms with Crippen LogP contribution in [0.25, 0.3) is 0 Å². The van der Waals surface area contributed by atoms with Gasteiger partial charge in [0.2, 0.25) is 21.8 Å². The molecule has 2 aromatic carbocycles. The molecule has 214 valence electrons. The van der Waals surface area contributed by atoms with Crippen molar-refractivity contribution in [1.29, 1.82) is 0 Å². The molecule has 0 heterocycles. The third-order valence-electron chi connectivity index (χ3n) is 7.14. The zero-order valence-electron chi connectivity index (χ0n) is 23.6. The first-order valence-electron chi connectivity index (χ1n) is 13.4. The minimum Gasteiger partial charge on any atom is -0.497 e. The Labute approximate surface area is 232 Å². The molecule has 0 unspecified atom stereocenters. The fourth-order valence-electron chi connectivity index (χ4n) is 4.94. The molecule has 0 radical (unpaired) electrons. The van der Waals surface area contributed by atoms with Gasteiger partial charge in [-0.2, -0.15) is 0 Å². The van der Waals surface area contributed by atoms with Crippen LogP contribution in [0.3, 0.4) is 0 Å². The number of hydrogen-bond donors (Lipinski definition) is 1. The molecule has 0 aromatic heterocycles. The Balaban J connectivity index is 1.97. The summed E-state index contributed by atoms with van der Waals surface area (Å²) in [6.45, 7) is 3.51. The molecule has 1 atom stereocenters. The molecule has 10 heteroatoms. The van der Waals surface area contributed by atoms with Crippen molar-refractivity contribution in [2.45, 2.75) is 71.0 Å². The first-order valence-corrected chi connectivity index (χ1v) is 15.3. The lowest BCUT2D eigenvalue weighted by atomic mass is 9.95. The Hall–Kier alpha value is -3.27. The Morgan fingerprint density at radius 1 is 1.03 bits per heavy atom. The third-order valence-corrected chi connectivity index (χ3v) is 8.27. The van der Waals surface area contributed by atoms with Gasteiger partial charge in [-0.1, -0.05) is 56.0 Å². The van der Waals surface area contributed by atoms with E-state index in [2.05, 4.69) is 5.32 Å². The number of carbonyl (C=O) groups is 2. The Kier molecular flexibility index (Phi) is 10.6. The van der Waals surface area contributed by atoms with E-state index in [4.69, 9.17) is 9.47 Å². The van der Waals surface area contributed by atoms with Crippen molar-refractivity contribution in [3.8, 4) is 11.5 Å². The van der Waals surface area contributed by atoms with Crippen LogP contribution in [0, 0.1) is 6.92 Å². The van der Waals surface area contributed by atoms with Crippen LogP contribution in [0.5, 0.6) is 11.5 Å². The summed E-state index contributed by atoms with van der Waals surface area (Å²) < 4.78 is 37.6. The molecule has 1 aliphatic rings. The summed E-state index contributed by atoms with van der Waals surface area (Å²) in [7, 11) is -1.00. The number of benzene rings is 2. The van der Waals surface area contributed by atoms with Gasteiger partial charge in [-0.05, 0) is 43.9 Å². The first kappa shape index (κ1) is 30.3. The van der Waals surface area contributed by atoms with Gasteiger partial charge >= 0.3 is 0 Å². The monoisotopic (exact) mass is 559 g/mol. The molecule has 1 aliphatic carbocycles. The van der Waals surface area contributed by atoms with Gasteiger partial charge in [-0.15, -0.1) is 0 Å². The molecule has 0 aliphatic heterocycles. The van der Waals surface area contributed by atoms with E-state index in [-0.39, 0.29) is 29.9 Å². The van der Waals surface area contributed by atoms with Crippen molar-refractivity contribution in [1.82, 2.24) is 10.2 Å². The van der Waals surface area contributed by atoms with Crippen LogP contribution in [0.15, 0.2) is 42.5 Å². The van der Waals surface area contributed by atoms with E-state index in [1.54, 1.807) is 12.1 Å². The number of carbonyl (C=O) groups excluding carboxylic acids is 2. The van der Waals surface area contributed by atoms with Crippen molar-refractivity contribution in [2.24, 2.45) is 0 Å². The van der Waals surface area contributed by atoms with Crippen molar-refractivity contribution >= 4 is 27.5 Å². The summed E-state index contributed by atoms with van der Waals surface area (Å²) in [4.78, 5) is 29.0. The number of aryl methyl sites for hydroxylation is 1. The lowest BCUT2D eigenvalue weighted by Gasteiger charge is -2.34. The summed E-state index contributed by atoms with van der Waals surface area (Å²) in [5.41, 5.74) is 2.11. The molecule has 0 saturated heterocycles. The van der Waals surface area contributed by atoms with Crippen LogP contribution in [0.4, 0.5) is 5.69 Å². The minimum atomic E-state index is -3.91. The normalized spacial score (nSPS) is 14.8. The summed E-state index contributed by atoms with van der Waals surface area (Å²) in [6, 6.07) is 11.8. The van der Waals surface area contributed by atoms with Crippen LogP contribution < -0.4 is 19.1 Å². The smallest absolute Gasteiger partial charge is 0.244 e. The molecule has 3 rings (SSSR count). The summed E-state index contributed by atoms with van der Waals surface area (Å²) in [5, 5.41) is 3.15. The number of amides is 2. The fraction of sp³-hybridized carbons (Fsp3) is 0.517. The zero-order valence-corrected chi connectivity index (χ0v) is 24.4. The van der Waals surface area contributed by atoms with Crippen LogP contribution in [0.1, 0.15) is 56.6 Å². The highest BCUT2D eigenvalue weighted by Gasteiger charge is 2.33. The van der Waals surface area contributed by atoms with Crippen LogP contribution in [-0.4, -0.2) is 64.2 Å². The highest BCUT2D eigenvalue weighted by atomic mass is 32.2. The van der Waals surface area contributed by atoms with E-state index in [9.17, 15) is 18.0 Å². The maximum absolute atomic E-state index is 14.0. The summed E-state index contributed by atoms with van der Waals surface area (Å²) in [6.07, 6.45) is 6.57. The number of sulfonamides is 1. The van der Waals surface area contributed by atoms with Gasteiger partial charge in [-0.25, -0.2) is 8.42 Å². The third kappa shape index (κ3) is 8.11. The molecule has 0 bridgehead atoms. The van der Waals surface area contributed by atoms with Gasteiger partial charge in [-0.3, -0.25) is 13.9 Å². The van der Waals surface area contributed by atoms with E-state index in [0.29, 0.717) is 12.2 Å². The van der Waals surface area contributed by atoms with Gasteiger partial charge in [0.25, 0.3) is 0 Å². The zero-order chi connectivity index (χ0) is 28.6. The topological polar surface area (TPSA) is 105 Å². The summed E-state index contributed by atoms with van der Waals surface area (Å²) in [5.74, 6) is -0.00542. The predicted molar refractivity (Wildman–Crippen MR) is 153 cm³/mol. The number of hydrogen-bond acceptors (Lipinski definition) is 6. The van der Waals surface area contributed by atoms with Gasteiger partial charge in [0.05, 0.1) is 26.2 Å². The van der Waals surface area contributed by atoms with Crippen molar-refractivity contribution in [2.75, 3.05) is 31.3 Å². The number of methoxy groups -OCH3 is 2. The molecule has 9 nitrogen and oxygen atoms in total. The molecule has 1 N–H and O–H groups in total. The highest BCUT2D eigenvalue weighted by Crippen LogP contribution is 2.34. The second-order valence-electron chi connectivity index (χ2n) is 10.1. The van der Waals surface area contributed by atoms with E-state index in [0.717, 1.165) is 53.8 Å². The quantitative estimate of drug-likeness (QED) is 0.421. The van der Waals surface area contributed by atoms with Crippen LogP contribution in [0.2, 0.25) is 0 Å². The Morgan fingerprint density at radius 3 is 2.26 bits per heavy atom. The molecule has 0 spiro atoms. The van der Waals surface area contributed by atoms with Gasteiger partial charge in [0.1, 0.15) is 24.1 Å². The number of nitrogens with one attached hydrogen (secondary N) is 1. The van der Waals surface area contributed by atoms with E-state index >= 15 is 0 Å². The lowest BCUT2D eigenvalue weighted by Crippen LogP contribution is -2.54. The molecule has 39 heavy (non-hydrogen) atoms. The van der Waals surface area contributed by atoms with Gasteiger partial charge in [0, 0.05) is 18.7 Å². The van der Waals surface area contributed by atoms with Crippen molar-refractivity contribution in [3.05, 3.63) is 53.6 Å². The molecule has 1 saturated carbocycles. The van der Waals surface area contributed by atoms with Gasteiger partial charge in [0.15, 0.2) is 0 Å². The molecule has 1 fully saturated rings. The van der Waals surface area contributed by atoms with Crippen molar-refractivity contribution in [3.63, 3.8) is 0 Å². The molecular formula is C29H41N3O6S. The van der Waals surface area contributed by atoms with Crippen LogP contribution in [-0.2, 0) is 26.2 Å². The number of rotatable bonds is 12. The molecular weight excluding hydrogens is 518 g/mol. The number of nitrogens with zero attached hydrogens (tertiary/aromatic N) is 2. The first-order chi connectivity index (χ1) is 18.6. The van der Waals surface area contributed by atoms with E-state index in [1.165, 1.54) is 25.2 Å². The maximum Gasteiger partial charge on any atom is 0.244 e. The fourth-order valence-corrected chi connectivity index (χ4v) is 5.79. The lowest BCUT2D eigenvalue weighted by molar-refractivity contribution is -0.140. The average Bonchev–Trinajstić information content (AvgIpc) is 2.92. The Bertz CT molecular complexity index is 1230. The molecule has 2 amide bonds. The van der Waals surface area contributed by atoms with Crippen molar-refractivity contribution < 1.29 is 27.5 Å². The minimum absolute atomic E-state index is 0.0881. The second kappa shape index (κ2) is 13.7. The molecule has 2 aromatic rings. The second-order valence-corrected chi connectivity index (χ2v) is 12.0. The SMILES string of the molecule is CC[C@H](C(=O)NC1CCCCC1)N(Cc1ccc(C)cc1)C(=O)CN(c1cc(OC)ccc1OC)S(C)(=O)=O. The Morgan fingerprint density at radius 2 is 1.69 bits per heavy atom. The summed E-state index contributed by atoms with van der Waals surface area (Å²) >= 11 is 0.